The van der Waals surface area contributed by atoms with Crippen molar-refractivity contribution in [1.29, 1.82) is 0 Å². The Morgan fingerprint density at radius 2 is 1.69 bits per heavy atom. The second-order valence-electron chi connectivity index (χ2n) is 5.97. The lowest BCUT2D eigenvalue weighted by molar-refractivity contribution is -0.144. The van der Waals surface area contributed by atoms with E-state index in [0.29, 0.717) is 16.7 Å². The quantitative estimate of drug-likeness (QED) is 0.638. The van der Waals surface area contributed by atoms with Crippen LogP contribution in [0.15, 0.2) is 36.4 Å². The Morgan fingerprint density at radius 1 is 1.07 bits per heavy atom. The molecular formula is C19H16F3N3O4. The minimum Gasteiger partial charge on any atom is -0.493 e. The van der Waals surface area contributed by atoms with E-state index >= 15 is 0 Å². The fourth-order valence-electron chi connectivity index (χ4n) is 2.67. The molecule has 0 fully saturated rings. The predicted molar refractivity (Wildman–Crippen MR) is 98.4 cm³/mol. The normalized spacial score (nSPS) is 11.3. The van der Waals surface area contributed by atoms with E-state index < -0.39 is 18.0 Å². The van der Waals surface area contributed by atoms with Crippen molar-refractivity contribution in [3.63, 3.8) is 0 Å². The van der Waals surface area contributed by atoms with Gasteiger partial charge in [-0.15, -0.1) is 0 Å². The zero-order chi connectivity index (χ0) is 21.2. The third-order valence-electron chi connectivity index (χ3n) is 4.12. The Balaban J connectivity index is 2.02. The Kier molecular flexibility index (Phi) is 5.44. The first-order valence-corrected chi connectivity index (χ1v) is 8.30. The van der Waals surface area contributed by atoms with E-state index in [1.165, 1.54) is 38.5 Å². The van der Waals surface area contributed by atoms with E-state index in [1.54, 1.807) is 12.1 Å². The molecule has 0 atom stereocenters. The first-order chi connectivity index (χ1) is 13.7. The molecule has 0 aliphatic rings. The number of rotatable bonds is 6. The molecule has 0 saturated heterocycles. The van der Waals surface area contributed by atoms with Crippen LogP contribution in [0.2, 0.25) is 0 Å². The van der Waals surface area contributed by atoms with Crippen molar-refractivity contribution in [3.8, 4) is 11.5 Å². The molecule has 0 spiro atoms. The maximum atomic E-state index is 13.2. The standard InChI is InChI=1S/C19H16F3N3O4/c1-28-14-7-12-13(8-15(14)29-2)24-18(19(20,21)22)25-16(12)23-9-10-3-5-11(6-4-10)17(26)27/h3-8H,9H2,1-2H3,(H,26,27)(H,23,24,25). The zero-order valence-corrected chi connectivity index (χ0v) is 15.4. The summed E-state index contributed by atoms with van der Waals surface area (Å²) in [6.45, 7) is 0.123. The van der Waals surface area contributed by atoms with Crippen molar-refractivity contribution in [3.05, 3.63) is 53.3 Å². The molecule has 0 unspecified atom stereocenters. The highest BCUT2D eigenvalue weighted by atomic mass is 19.4. The average Bonchev–Trinajstić information content (AvgIpc) is 2.70. The predicted octanol–water partition coefficient (Wildman–Crippen LogP) is 3.98. The molecule has 10 heteroatoms. The lowest BCUT2D eigenvalue weighted by Gasteiger charge is -2.15. The number of alkyl halides is 3. The van der Waals surface area contributed by atoms with Crippen LogP contribution in [-0.2, 0) is 12.7 Å². The highest BCUT2D eigenvalue weighted by Crippen LogP contribution is 2.36. The molecule has 0 bridgehead atoms. The fourth-order valence-corrected chi connectivity index (χ4v) is 2.67. The average molecular weight is 407 g/mol. The van der Waals surface area contributed by atoms with Crippen LogP contribution in [0.1, 0.15) is 21.7 Å². The van der Waals surface area contributed by atoms with Gasteiger partial charge in [-0.05, 0) is 23.8 Å². The number of anilines is 1. The van der Waals surface area contributed by atoms with Crippen molar-refractivity contribution >= 4 is 22.7 Å². The molecule has 7 nitrogen and oxygen atoms in total. The van der Waals surface area contributed by atoms with Gasteiger partial charge in [-0.25, -0.2) is 14.8 Å². The van der Waals surface area contributed by atoms with Gasteiger partial charge in [-0.1, -0.05) is 12.1 Å². The van der Waals surface area contributed by atoms with Crippen LogP contribution in [0.25, 0.3) is 10.9 Å². The van der Waals surface area contributed by atoms with Gasteiger partial charge in [-0.3, -0.25) is 0 Å². The van der Waals surface area contributed by atoms with E-state index in [1.807, 2.05) is 0 Å². The van der Waals surface area contributed by atoms with E-state index in [0.717, 1.165) is 0 Å². The molecule has 3 aromatic rings. The molecule has 1 heterocycles. The number of nitrogens with zero attached hydrogens (tertiary/aromatic N) is 2. The number of hydrogen-bond acceptors (Lipinski definition) is 6. The van der Waals surface area contributed by atoms with E-state index in [-0.39, 0.29) is 29.2 Å². The zero-order valence-electron chi connectivity index (χ0n) is 15.4. The van der Waals surface area contributed by atoms with Crippen LogP contribution in [-0.4, -0.2) is 35.3 Å². The van der Waals surface area contributed by atoms with Crippen LogP contribution in [0.4, 0.5) is 19.0 Å². The van der Waals surface area contributed by atoms with Gasteiger partial charge in [0.25, 0.3) is 0 Å². The summed E-state index contributed by atoms with van der Waals surface area (Å²) in [4.78, 5) is 18.1. The molecule has 2 aromatic carbocycles. The summed E-state index contributed by atoms with van der Waals surface area (Å²) < 4.78 is 50.1. The van der Waals surface area contributed by atoms with Crippen LogP contribution in [0.5, 0.6) is 11.5 Å². The van der Waals surface area contributed by atoms with E-state index in [9.17, 15) is 18.0 Å². The summed E-state index contributed by atoms with van der Waals surface area (Å²) in [6.07, 6.45) is -4.74. The second-order valence-corrected chi connectivity index (χ2v) is 5.97. The van der Waals surface area contributed by atoms with E-state index in [2.05, 4.69) is 15.3 Å². The first-order valence-electron chi connectivity index (χ1n) is 8.30. The smallest absolute Gasteiger partial charge is 0.451 e. The van der Waals surface area contributed by atoms with Crippen molar-refractivity contribution in [2.24, 2.45) is 0 Å². The Morgan fingerprint density at radius 3 is 2.24 bits per heavy atom. The molecule has 152 valence electrons. The fraction of sp³-hybridized carbons (Fsp3) is 0.211. The number of carboxylic acid groups (broad SMARTS) is 1. The number of carboxylic acids is 1. The third-order valence-corrected chi connectivity index (χ3v) is 4.12. The molecular weight excluding hydrogens is 391 g/mol. The van der Waals surface area contributed by atoms with Gasteiger partial charge in [0, 0.05) is 18.0 Å². The Hall–Kier alpha value is -3.56. The summed E-state index contributed by atoms with van der Waals surface area (Å²) >= 11 is 0. The highest BCUT2D eigenvalue weighted by molar-refractivity contribution is 5.92. The maximum Gasteiger partial charge on any atom is 0.451 e. The second kappa shape index (κ2) is 7.82. The summed E-state index contributed by atoms with van der Waals surface area (Å²) in [7, 11) is 2.78. The number of halogens is 3. The van der Waals surface area contributed by atoms with Gasteiger partial charge in [0.2, 0.25) is 5.82 Å². The summed E-state index contributed by atoms with van der Waals surface area (Å²) in [5.74, 6) is -1.84. The number of fused-ring (bicyclic) bond motifs is 1. The molecule has 29 heavy (non-hydrogen) atoms. The van der Waals surface area contributed by atoms with Crippen molar-refractivity contribution in [2.75, 3.05) is 19.5 Å². The van der Waals surface area contributed by atoms with Crippen molar-refractivity contribution in [2.45, 2.75) is 12.7 Å². The first kappa shape index (κ1) is 20.2. The number of hydrogen-bond donors (Lipinski definition) is 2. The van der Waals surface area contributed by atoms with Crippen LogP contribution < -0.4 is 14.8 Å². The number of nitrogens with one attached hydrogen (secondary N) is 1. The van der Waals surface area contributed by atoms with Crippen molar-refractivity contribution < 1.29 is 32.5 Å². The Labute approximate surface area is 163 Å². The number of methoxy groups -OCH3 is 2. The number of benzene rings is 2. The lowest BCUT2D eigenvalue weighted by atomic mass is 10.1. The topological polar surface area (TPSA) is 93.6 Å². The summed E-state index contributed by atoms with van der Waals surface area (Å²) in [5.41, 5.74) is 0.807. The largest absolute Gasteiger partial charge is 0.493 e. The number of carbonyl (C=O) groups is 1. The lowest BCUT2D eigenvalue weighted by Crippen LogP contribution is -2.14. The number of ether oxygens (including phenoxy) is 2. The minimum absolute atomic E-state index is 0.0358. The molecule has 0 saturated carbocycles. The number of aromatic carboxylic acids is 1. The van der Waals surface area contributed by atoms with Gasteiger partial charge in [0.15, 0.2) is 11.5 Å². The van der Waals surface area contributed by atoms with E-state index in [4.69, 9.17) is 14.6 Å². The van der Waals surface area contributed by atoms with Gasteiger partial charge in [0.05, 0.1) is 25.3 Å². The molecule has 1 aromatic heterocycles. The van der Waals surface area contributed by atoms with Gasteiger partial charge in [0.1, 0.15) is 5.82 Å². The van der Waals surface area contributed by atoms with Gasteiger partial charge >= 0.3 is 12.1 Å². The monoisotopic (exact) mass is 407 g/mol. The van der Waals surface area contributed by atoms with Gasteiger partial charge < -0.3 is 19.9 Å². The Bertz CT molecular complexity index is 1050. The maximum absolute atomic E-state index is 13.2. The van der Waals surface area contributed by atoms with Gasteiger partial charge in [-0.2, -0.15) is 13.2 Å². The van der Waals surface area contributed by atoms with Crippen LogP contribution >= 0.6 is 0 Å². The highest BCUT2D eigenvalue weighted by Gasteiger charge is 2.35. The third kappa shape index (κ3) is 4.31. The summed E-state index contributed by atoms with van der Waals surface area (Å²) in [5, 5.41) is 12.1. The van der Waals surface area contributed by atoms with Crippen molar-refractivity contribution in [1.82, 2.24) is 9.97 Å². The SMILES string of the molecule is COc1cc2nc(C(F)(F)F)nc(NCc3ccc(C(=O)O)cc3)c2cc1OC. The minimum atomic E-state index is -4.74. The molecule has 0 amide bonds. The summed E-state index contributed by atoms with van der Waals surface area (Å²) in [6, 6.07) is 8.78. The molecule has 2 N–H and O–H groups in total. The molecule has 0 radical (unpaired) electrons. The van der Waals surface area contributed by atoms with Crippen LogP contribution in [0.3, 0.4) is 0 Å². The van der Waals surface area contributed by atoms with Crippen LogP contribution in [0, 0.1) is 0 Å². The molecule has 0 aliphatic heterocycles. The molecule has 0 aliphatic carbocycles. The number of aromatic nitrogens is 2. The molecule has 3 rings (SSSR count).